The van der Waals surface area contributed by atoms with Crippen LogP contribution in [0, 0.1) is 13.8 Å². The number of hydrogen-bond donors (Lipinski definition) is 0. The standard InChI is InChI=1S/C28H40N2O4/c1-6-7-16-32-26-19-22(2)28(23(3)20-26)34-18-13-11-9-8-10-12-17-33-27-15-14-25(21-29-27)24(4)30-31-5/h6-7,14-15,19-21H,8-13,16-18H2,1-5H3/b7-6+,30-24?. The number of allylic oxidation sites excluding steroid dienone is 1. The minimum absolute atomic E-state index is 0.594. The van der Waals surface area contributed by atoms with Crippen molar-refractivity contribution in [1.29, 1.82) is 0 Å². The summed E-state index contributed by atoms with van der Waals surface area (Å²) in [7, 11) is 1.54. The van der Waals surface area contributed by atoms with Gasteiger partial charge in [0.2, 0.25) is 5.88 Å². The Morgan fingerprint density at radius 2 is 1.56 bits per heavy atom. The predicted octanol–water partition coefficient (Wildman–Crippen LogP) is 6.82. The van der Waals surface area contributed by atoms with Crippen LogP contribution in [-0.2, 0) is 4.84 Å². The average Bonchev–Trinajstić information content (AvgIpc) is 2.82. The molecule has 2 aromatic rings. The number of aromatic nitrogens is 1. The molecule has 2 rings (SSSR count). The van der Waals surface area contributed by atoms with Gasteiger partial charge in [0.15, 0.2) is 0 Å². The van der Waals surface area contributed by atoms with Crippen molar-refractivity contribution >= 4 is 5.71 Å². The summed E-state index contributed by atoms with van der Waals surface area (Å²) in [5.41, 5.74) is 3.96. The lowest BCUT2D eigenvalue weighted by Gasteiger charge is -2.14. The van der Waals surface area contributed by atoms with E-state index >= 15 is 0 Å². The summed E-state index contributed by atoms with van der Waals surface area (Å²) >= 11 is 0. The fourth-order valence-corrected chi connectivity index (χ4v) is 3.59. The van der Waals surface area contributed by atoms with E-state index in [1.54, 1.807) is 6.20 Å². The first-order valence-corrected chi connectivity index (χ1v) is 12.2. The van der Waals surface area contributed by atoms with Gasteiger partial charge in [0.25, 0.3) is 0 Å². The fraction of sp³-hybridized carbons (Fsp3) is 0.500. The van der Waals surface area contributed by atoms with Crippen LogP contribution in [0.1, 0.15) is 69.1 Å². The van der Waals surface area contributed by atoms with E-state index in [0.29, 0.717) is 19.1 Å². The number of aryl methyl sites for hydroxylation is 2. The third kappa shape index (κ3) is 9.86. The molecule has 1 heterocycles. The molecule has 0 fully saturated rings. The number of benzene rings is 1. The number of pyridine rings is 1. The van der Waals surface area contributed by atoms with Gasteiger partial charge in [-0.05, 0) is 69.9 Å². The van der Waals surface area contributed by atoms with E-state index in [9.17, 15) is 0 Å². The van der Waals surface area contributed by atoms with Crippen molar-refractivity contribution in [2.45, 2.75) is 66.2 Å². The number of ether oxygens (including phenoxy) is 3. The minimum atomic E-state index is 0.594. The first kappa shape index (κ1) is 27.2. The van der Waals surface area contributed by atoms with Crippen molar-refractivity contribution in [1.82, 2.24) is 4.98 Å². The largest absolute Gasteiger partial charge is 0.493 e. The number of nitrogens with zero attached hydrogens (tertiary/aromatic N) is 2. The minimum Gasteiger partial charge on any atom is -0.493 e. The van der Waals surface area contributed by atoms with Gasteiger partial charge >= 0.3 is 0 Å². The van der Waals surface area contributed by atoms with Crippen molar-refractivity contribution in [3.05, 3.63) is 59.3 Å². The van der Waals surface area contributed by atoms with Crippen LogP contribution in [0.15, 0.2) is 47.8 Å². The highest BCUT2D eigenvalue weighted by atomic mass is 16.6. The Kier molecular flexibility index (Phi) is 12.6. The van der Waals surface area contributed by atoms with Crippen molar-refractivity contribution in [2.24, 2.45) is 5.16 Å². The Bertz CT molecular complexity index is 884. The molecule has 0 aliphatic heterocycles. The lowest BCUT2D eigenvalue weighted by Crippen LogP contribution is -2.02. The Labute approximate surface area is 205 Å². The predicted molar refractivity (Wildman–Crippen MR) is 138 cm³/mol. The van der Waals surface area contributed by atoms with E-state index in [4.69, 9.17) is 19.0 Å². The topological polar surface area (TPSA) is 62.2 Å². The molecule has 1 aromatic carbocycles. The highest BCUT2D eigenvalue weighted by molar-refractivity contribution is 5.98. The van der Waals surface area contributed by atoms with E-state index in [1.165, 1.54) is 26.4 Å². The zero-order chi connectivity index (χ0) is 24.6. The van der Waals surface area contributed by atoms with E-state index in [2.05, 4.69) is 36.1 Å². The third-order valence-corrected chi connectivity index (χ3v) is 5.43. The molecule has 0 saturated carbocycles. The molecule has 0 aliphatic rings. The monoisotopic (exact) mass is 468 g/mol. The maximum atomic E-state index is 6.07. The van der Waals surface area contributed by atoms with Crippen LogP contribution < -0.4 is 14.2 Å². The summed E-state index contributed by atoms with van der Waals surface area (Å²) in [5, 5.41) is 3.91. The van der Waals surface area contributed by atoms with Crippen LogP contribution in [0.25, 0.3) is 0 Å². The number of unbranched alkanes of at least 4 members (excludes halogenated alkanes) is 5. The second-order valence-electron chi connectivity index (χ2n) is 8.33. The summed E-state index contributed by atoms with van der Waals surface area (Å²) < 4.78 is 17.6. The first-order chi connectivity index (χ1) is 16.5. The van der Waals surface area contributed by atoms with E-state index in [-0.39, 0.29) is 0 Å². The highest BCUT2D eigenvalue weighted by Crippen LogP contribution is 2.28. The first-order valence-electron chi connectivity index (χ1n) is 12.2. The zero-order valence-corrected chi connectivity index (χ0v) is 21.4. The van der Waals surface area contributed by atoms with Crippen LogP contribution in [0.4, 0.5) is 0 Å². The van der Waals surface area contributed by atoms with Crippen molar-refractivity contribution in [3.63, 3.8) is 0 Å². The van der Waals surface area contributed by atoms with Crippen LogP contribution in [0.2, 0.25) is 0 Å². The van der Waals surface area contributed by atoms with Crippen LogP contribution >= 0.6 is 0 Å². The summed E-state index contributed by atoms with van der Waals surface area (Å²) in [6.45, 7) is 10.1. The van der Waals surface area contributed by atoms with Crippen molar-refractivity contribution in [2.75, 3.05) is 26.9 Å². The molecule has 0 spiro atoms. The van der Waals surface area contributed by atoms with E-state index in [1.807, 2.05) is 38.1 Å². The van der Waals surface area contributed by atoms with Gasteiger partial charge in [-0.2, -0.15) is 0 Å². The molecular formula is C28H40N2O4. The number of hydrogen-bond acceptors (Lipinski definition) is 6. The van der Waals surface area contributed by atoms with Gasteiger partial charge in [0, 0.05) is 17.8 Å². The second-order valence-corrected chi connectivity index (χ2v) is 8.33. The lowest BCUT2D eigenvalue weighted by molar-refractivity contribution is 0.213. The van der Waals surface area contributed by atoms with Crippen LogP contribution in [-0.4, -0.2) is 37.6 Å². The van der Waals surface area contributed by atoms with E-state index in [0.717, 1.165) is 59.8 Å². The molecule has 186 valence electrons. The summed E-state index contributed by atoms with van der Waals surface area (Å²) in [5.74, 6) is 2.52. The quantitative estimate of drug-likeness (QED) is 0.117. The molecule has 0 aliphatic carbocycles. The average molecular weight is 469 g/mol. The smallest absolute Gasteiger partial charge is 0.213 e. The van der Waals surface area contributed by atoms with Gasteiger partial charge in [-0.15, -0.1) is 0 Å². The molecule has 0 N–H and O–H groups in total. The Hall–Kier alpha value is -3.02. The Balaban J connectivity index is 1.54. The van der Waals surface area contributed by atoms with Gasteiger partial charge in [-0.1, -0.05) is 43.0 Å². The van der Waals surface area contributed by atoms with E-state index < -0.39 is 0 Å². The van der Waals surface area contributed by atoms with Crippen molar-refractivity contribution < 1.29 is 19.0 Å². The Morgan fingerprint density at radius 3 is 2.15 bits per heavy atom. The highest BCUT2D eigenvalue weighted by Gasteiger charge is 2.07. The molecule has 0 unspecified atom stereocenters. The van der Waals surface area contributed by atoms with Gasteiger partial charge in [-0.25, -0.2) is 4.98 Å². The Morgan fingerprint density at radius 1 is 0.912 bits per heavy atom. The lowest BCUT2D eigenvalue weighted by atomic mass is 10.1. The molecule has 6 nitrogen and oxygen atoms in total. The zero-order valence-electron chi connectivity index (χ0n) is 21.4. The fourth-order valence-electron chi connectivity index (χ4n) is 3.59. The van der Waals surface area contributed by atoms with Gasteiger partial charge in [-0.3, -0.25) is 0 Å². The number of rotatable bonds is 16. The van der Waals surface area contributed by atoms with Crippen molar-refractivity contribution in [3.8, 4) is 17.4 Å². The molecule has 0 saturated heterocycles. The molecule has 0 bridgehead atoms. The molecule has 6 heteroatoms. The summed E-state index contributed by atoms with van der Waals surface area (Å²) in [6, 6.07) is 7.92. The van der Waals surface area contributed by atoms with Gasteiger partial charge in [0.05, 0.1) is 18.9 Å². The molecule has 0 amide bonds. The van der Waals surface area contributed by atoms with Gasteiger partial charge < -0.3 is 19.0 Å². The molecule has 0 atom stereocenters. The van der Waals surface area contributed by atoms with Gasteiger partial charge in [0.1, 0.15) is 25.2 Å². The maximum Gasteiger partial charge on any atom is 0.213 e. The molecule has 34 heavy (non-hydrogen) atoms. The maximum absolute atomic E-state index is 6.07. The molecule has 0 radical (unpaired) electrons. The SMILES string of the molecule is C/C=C/COc1cc(C)c(OCCCCCCCCOc2ccc(C(C)=NOC)cn2)c(C)c1. The molecule has 1 aromatic heterocycles. The van der Waals surface area contributed by atoms with Crippen LogP contribution in [0.5, 0.6) is 17.4 Å². The number of oxime groups is 1. The molecular weight excluding hydrogens is 428 g/mol. The normalized spacial score (nSPS) is 11.6. The second kappa shape index (κ2) is 15.8. The summed E-state index contributed by atoms with van der Waals surface area (Å²) in [6.07, 6.45) is 12.6. The van der Waals surface area contributed by atoms with Crippen LogP contribution in [0.3, 0.4) is 0 Å². The summed E-state index contributed by atoms with van der Waals surface area (Å²) in [4.78, 5) is 9.11. The third-order valence-electron chi connectivity index (χ3n) is 5.43.